The highest BCUT2D eigenvalue weighted by atomic mass is 79.9. The topological polar surface area (TPSA) is 26.0 Å². The van der Waals surface area contributed by atoms with Gasteiger partial charge < -0.3 is 5.73 Å². The molecule has 0 heterocycles. The first-order valence-corrected chi connectivity index (χ1v) is 7.17. The van der Waals surface area contributed by atoms with Crippen molar-refractivity contribution in [2.75, 3.05) is 0 Å². The Balaban J connectivity index is 2.25. The quantitative estimate of drug-likeness (QED) is 0.803. The maximum atomic E-state index is 13.2. The zero-order chi connectivity index (χ0) is 14.0. The summed E-state index contributed by atoms with van der Waals surface area (Å²) < 4.78 is 13.6. The first-order valence-electron chi connectivity index (χ1n) is 5.62. The van der Waals surface area contributed by atoms with Gasteiger partial charge in [-0.3, -0.25) is 0 Å². The van der Waals surface area contributed by atoms with E-state index in [4.69, 9.17) is 28.9 Å². The second-order valence-corrected chi connectivity index (χ2v) is 5.86. The van der Waals surface area contributed by atoms with Gasteiger partial charge in [-0.2, -0.15) is 0 Å². The van der Waals surface area contributed by atoms with Crippen LogP contribution in [0.4, 0.5) is 4.39 Å². The fraction of sp³-hybridized carbons (Fsp3) is 0.143. The van der Waals surface area contributed by atoms with Gasteiger partial charge in [-0.15, -0.1) is 0 Å². The highest BCUT2D eigenvalue weighted by molar-refractivity contribution is 9.10. The fourth-order valence-corrected chi connectivity index (χ4v) is 2.99. The third kappa shape index (κ3) is 3.48. The highest BCUT2D eigenvalue weighted by Crippen LogP contribution is 2.31. The zero-order valence-corrected chi connectivity index (χ0v) is 12.9. The molecule has 0 amide bonds. The molecule has 19 heavy (non-hydrogen) atoms. The monoisotopic (exact) mass is 361 g/mol. The normalized spacial score (nSPS) is 12.5. The van der Waals surface area contributed by atoms with Crippen LogP contribution in [0, 0.1) is 5.82 Å². The smallest absolute Gasteiger partial charge is 0.137 e. The molecule has 1 unspecified atom stereocenters. The molecule has 0 saturated heterocycles. The molecule has 0 spiro atoms. The van der Waals surface area contributed by atoms with E-state index >= 15 is 0 Å². The van der Waals surface area contributed by atoms with Crippen LogP contribution < -0.4 is 5.73 Å². The fourth-order valence-electron chi connectivity index (χ4n) is 1.89. The highest BCUT2D eigenvalue weighted by Gasteiger charge is 2.15. The molecule has 2 N–H and O–H groups in total. The molecule has 1 nitrogen and oxygen atoms in total. The van der Waals surface area contributed by atoms with Crippen molar-refractivity contribution in [3.8, 4) is 0 Å². The van der Waals surface area contributed by atoms with Gasteiger partial charge in [0.1, 0.15) is 5.82 Å². The van der Waals surface area contributed by atoms with Crippen LogP contribution in [-0.2, 0) is 6.42 Å². The van der Waals surface area contributed by atoms with Crippen molar-refractivity contribution < 1.29 is 4.39 Å². The van der Waals surface area contributed by atoms with Gasteiger partial charge in [-0.05, 0) is 52.2 Å². The Morgan fingerprint density at radius 2 is 1.79 bits per heavy atom. The van der Waals surface area contributed by atoms with Crippen LogP contribution in [0.15, 0.2) is 40.9 Å². The summed E-state index contributed by atoms with van der Waals surface area (Å²) >= 11 is 15.4. The van der Waals surface area contributed by atoms with Crippen LogP contribution in [0.5, 0.6) is 0 Å². The van der Waals surface area contributed by atoms with E-state index in [1.807, 2.05) is 0 Å². The molecule has 0 fully saturated rings. The van der Waals surface area contributed by atoms with Crippen LogP contribution in [0.2, 0.25) is 10.0 Å². The Labute approximate surface area is 129 Å². The van der Waals surface area contributed by atoms with Crippen molar-refractivity contribution >= 4 is 39.1 Å². The maximum absolute atomic E-state index is 13.2. The Morgan fingerprint density at radius 1 is 1.16 bits per heavy atom. The molecule has 2 aromatic carbocycles. The largest absolute Gasteiger partial charge is 0.324 e. The lowest BCUT2D eigenvalue weighted by Gasteiger charge is -2.15. The maximum Gasteiger partial charge on any atom is 0.137 e. The number of rotatable bonds is 3. The van der Waals surface area contributed by atoms with Crippen molar-refractivity contribution in [3.05, 3.63) is 67.9 Å². The second-order valence-electron chi connectivity index (χ2n) is 4.19. The van der Waals surface area contributed by atoms with Crippen LogP contribution in [0.1, 0.15) is 17.2 Å². The minimum atomic E-state index is -0.335. The third-order valence-electron chi connectivity index (χ3n) is 2.81. The molecule has 0 bridgehead atoms. The molecular weight excluding hydrogens is 352 g/mol. The van der Waals surface area contributed by atoms with E-state index in [0.29, 0.717) is 26.5 Å². The first-order chi connectivity index (χ1) is 8.99. The van der Waals surface area contributed by atoms with Crippen molar-refractivity contribution in [3.63, 3.8) is 0 Å². The summed E-state index contributed by atoms with van der Waals surface area (Å²) in [6.07, 6.45) is 0.530. The first kappa shape index (κ1) is 14.8. The van der Waals surface area contributed by atoms with Gasteiger partial charge in [-0.25, -0.2) is 4.39 Å². The number of nitrogens with two attached hydrogens (primary N) is 1. The van der Waals surface area contributed by atoms with Crippen LogP contribution in [0.3, 0.4) is 0 Å². The van der Waals surface area contributed by atoms with E-state index in [2.05, 4.69) is 15.9 Å². The van der Waals surface area contributed by atoms with Crippen LogP contribution >= 0.6 is 39.1 Å². The van der Waals surface area contributed by atoms with E-state index in [-0.39, 0.29) is 11.9 Å². The summed E-state index contributed by atoms with van der Waals surface area (Å²) in [6.45, 7) is 0. The van der Waals surface area contributed by atoms with Crippen LogP contribution in [0.25, 0.3) is 0 Å². The van der Waals surface area contributed by atoms with E-state index in [9.17, 15) is 4.39 Å². The summed E-state index contributed by atoms with van der Waals surface area (Å²) in [5.41, 5.74) is 7.77. The lowest BCUT2D eigenvalue weighted by molar-refractivity contribution is 0.618. The summed E-state index contributed by atoms with van der Waals surface area (Å²) in [5, 5.41) is 1.09. The van der Waals surface area contributed by atoms with E-state index in [0.717, 1.165) is 5.56 Å². The molecule has 1 atom stereocenters. The van der Waals surface area contributed by atoms with Crippen molar-refractivity contribution in [1.82, 2.24) is 0 Å². The molecular formula is C14H11BrCl2FN. The summed E-state index contributed by atoms with van der Waals surface area (Å²) in [7, 11) is 0. The van der Waals surface area contributed by atoms with Gasteiger partial charge in [0, 0.05) is 21.7 Å². The van der Waals surface area contributed by atoms with Gasteiger partial charge in [0.25, 0.3) is 0 Å². The number of halogens is 4. The average molecular weight is 363 g/mol. The predicted octanol–water partition coefficient (Wildman–Crippen LogP) is 5.14. The van der Waals surface area contributed by atoms with Gasteiger partial charge in [0.2, 0.25) is 0 Å². The Morgan fingerprint density at radius 3 is 2.37 bits per heavy atom. The minimum absolute atomic E-state index is 0.298. The van der Waals surface area contributed by atoms with Gasteiger partial charge in [0.05, 0.1) is 4.47 Å². The van der Waals surface area contributed by atoms with Crippen molar-refractivity contribution in [2.45, 2.75) is 12.5 Å². The molecule has 5 heteroatoms. The van der Waals surface area contributed by atoms with Gasteiger partial charge in [0.15, 0.2) is 0 Å². The SMILES string of the molecule is NC(Cc1ccc(F)c(Br)c1)c1c(Cl)cccc1Cl. The molecule has 0 radical (unpaired) electrons. The van der Waals surface area contributed by atoms with E-state index < -0.39 is 0 Å². The average Bonchev–Trinajstić information content (AvgIpc) is 2.33. The lowest BCUT2D eigenvalue weighted by Crippen LogP contribution is -2.14. The third-order valence-corrected chi connectivity index (χ3v) is 4.08. The molecule has 0 aromatic heterocycles. The van der Waals surface area contributed by atoms with Crippen LogP contribution in [-0.4, -0.2) is 0 Å². The standard InChI is InChI=1S/C14H11BrCl2FN/c15-9-6-8(4-5-12(9)18)7-13(19)14-10(16)2-1-3-11(14)17/h1-6,13H,7,19H2. The molecule has 0 aliphatic heterocycles. The second kappa shape index (κ2) is 6.23. The Kier molecular flexibility index (Phi) is 4.85. The molecule has 0 saturated carbocycles. The summed E-state index contributed by atoms with van der Waals surface area (Å²) in [5.74, 6) is -0.298. The van der Waals surface area contributed by atoms with Gasteiger partial charge >= 0.3 is 0 Å². The molecule has 0 aliphatic rings. The molecule has 100 valence electrons. The predicted molar refractivity (Wildman–Crippen MR) is 81.2 cm³/mol. The van der Waals surface area contributed by atoms with E-state index in [1.54, 1.807) is 30.3 Å². The molecule has 2 rings (SSSR count). The minimum Gasteiger partial charge on any atom is -0.324 e. The Hall–Kier alpha value is -0.610. The van der Waals surface area contributed by atoms with Gasteiger partial charge in [-0.1, -0.05) is 35.3 Å². The van der Waals surface area contributed by atoms with Crippen molar-refractivity contribution in [1.29, 1.82) is 0 Å². The van der Waals surface area contributed by atoms with Crippen molar-refractivity contribution in [2.24, 2.45) is 5.73 Å². The summed E-state index contributed by atoms with van der Waals surface area (Å²) in [4.78, 5) is 0. The number of hydrogen-bond donors (Lipinski definition) is 1. The summed E-state index contributed by atoms with van der Waals surface area (Å²) in [6, 6.07) is 9.76. The zero-order valence-electron chi connectivity index (χ0n) is 9.84. The number of benzene rings is 2. The Bertz CT molecular complexity index is 584. The molecule has 0 aliphatic carbocycles. The molecule has 2 aromatic rings. The van der Waals surface area contributed by atoms with E-state index in [1.165, 1.54) is 6.07 Å². The number of hydrogen-bond acceptors (Lipinski definition) is 1. The lowest BCUT2D eigenvalue weighted by atomic mass is 9.99.